The van der Waals surface area contributed by atoms with Gasteiger partial charge in [-0.1, -0.05) is 31.0 Å². The minimum atomic E-state index is -3.73. The monoisotopic (exact) mass is 349 g/mol. The number of unbranched alkanes of at least 4 members (excludes halogenated alkanes) is 1. The van der Waals surface area contributed by atoms with Gasteiger partial charge in [0.25, 0.3) is 10.0 Å². The Bertz CT molecular complexity index is 789. The first-order valence-electron chi connectivity index (χ1n) is 7.87. The fourth-order valence-corrected chi connectivity index (χ4v) is 3.61. The molecular weight excluding hydrogens is 326 g/mol. The van der Waals surface area contributed by atoms with Crippen LogP contribution in [0.15, 0.2) is 35.2 Å². The number of anilines is 1. The zero-order chi connectivity index (χ0) is 17.7. The van der Waals surface area contributed by atoms with Gasteiger partial charge in [0.05, 0.1) is 12.0 Å². The van der Waals surface area contributed by atoms with Crippen LogP contribution in [0.25, 0.3) is 0 Å². The Hall–Kier alpha value is -2.15. The quantitative estimate of drug-likeness (QED) is 0.768. The summed E-state index contributed by atoms with van der Waals surface area (Å²) in [6.45, 7) is 6.03. The fraction of sp³-hybridized carbons (Fsp3) is 0.412. The molecule has 0 bridgehead atoms. The van der Waals surface area contributed by atoms with Crippen LogP contribution in [-0.4, -0.2) is 32.0 Å². The largest absolute Gasteiger partial charge is 0.481 e. The average molecular weight is 349 g/mol. The first kappa shape index (κ1) is 18.2. The first-order chi connectivity index (χ1) is 11.4. The van der Waals surface area contributed by atoms with Gasteiger partial charge in [0.15, 0.2) is 0 Å². The van der Waals surface area contributed by atoms with Crippen LogP contribution in [0, 0.1) is 13.8 Å². The van der Waals surface area contributed by atoms with Gasteiger partial charge in [-0.15, -0.1) is 0 Å². The van der Waals surface area contributed by atoms with Crippen molar-refractivity contribution in [3.05, 3.63) is 41.6 Å². The number of benzene rings is 1. The molecule has 1 aromatic carbocycles. The Morgan fingerprint density at radius 1 is 1.12 bits per heavy atom. The number of methoxy groups -OCH3 is 1. The van der Waals surface area contributed by atoms with Crippen molar-refractivity contribution < 1.29 is 13.2 Å². The molecule has 0 atom stereocenters. The number of hydrogen-bond acceptors (Lipinski definition) is 5. The lowest BCUT2D eigenvalue weighted by Crippen LogP contribution is -2.33. The molecule has 7 heteroatoms. The summed E-state index contributed by atoms with van der Waals surface area (Å²) in [5.74, 6) is 0.485. The van der Waals surface area contributed by atoms with Crippen LogP contribution in [0.1, 0.15) is 31.0 Å². The summed E-state index contributed by atoms with van der Waals surface area (Å²) in [6, 6.07) is 8.44. The minimum absolute atomic E-state index is 0.140. The van der Waals surface area contributed by atoms with Crippen LogP contribution >= 0.6 is 0 Å². The van der Waals surface area contributed by atoms with E-state index in [0.29, 0.717) is 24.5 Å². The van der Waals surface area contributed by atoms with Crippen LogP contribution in [0.2, 0.25) is 0 Å². The number of sulfonamides is 1. The zero-order valence-corrected chi connectivity index (χ0v) is 15.3. The van der Waals surface area contributed by atoms with Gasteiger partial charge in [0.1, 0.15) is 0 Å². The van der Waals surface area contributed by atoms with Gasteiger partial charge < -0.3 is 4.74 Å². The predicted molar refractivity (Wildman–Crippen MR) is 93.9 cm³/mol. The van der Waals surface area contributed by atoms with Gasteiger partial charge in [0.2, 0.25) is 11.8 Å². The molecule has 0 aliphatic heterocycles. The number of hydrogen-bond donors (Lipinski definition) is 0. The molecule has 1 aromatic heterocycles. The number of ether oxygens (including phenoxy) is 1. The molecule has 0 amide bonds. The second-order valence-corrected chi connectivity index (χ2v) is 7.46. The lowest BCUT2D eigenvalue weighted by atomic mass is 10.2. The molecule has 2 rings (SSSR count). The van der Waals surface area contributed by atoms with Gasteiger partial charge >= 0.3 is 0 Å². The van der Waals surface area contributed by atoms with E-state index in [1.165, 1.54) is 11.4 Å². The third kappa shape index (κ3) is 4.03. The molecule has 0 aliphatic rings. The Labute approximate surface area is 143 Å². The van der Waals surface area contributed by atoms with Crippen molar-refractivity contribution in [2.24, 2.45) is 0 Å². The van der Waals surface area contributed by atoms with Crippen molar-refractivity contribution in [1.82, 2.24) is 9.97 Å². The molecule has 2 aromatic rings. The van der Waals surface area contributed by atoms with E-state index in [4.69, 9.17) is 4.74 Å². The van der Waals surface area contributed by atoms with Crippen molar-refractivity contribution in [1.29, 1.82) is 0 Å². The van der Waals surface area contributed by atoms with Gasteiger partial charge in [-0.2, -0.15) is 4.98 Å². The van der Waals surface area contributed by atoms with Crippen LogP contribution in [0.4, 0.5) is 5.95 Å². The summed E-state index contributed by atoms with van der Waals surface area (Å²) >= 11 is 0. The lowest BCUT2D eigenvalue weighted by molar-refractivity contribution is 0.396. The molecule has 0 saturated carbocycles. The molecule has 0 unspecified atom stereocenters. The first-order valence-corrected chi connectivity index (χ1v) is 9.31. The highest BCUT2D eigenvalue weighted by atomic mass is 32.2. The topological polar surface area (TPSA) is 72.4 Å². The summed E-state index contributed by atoms with van der Waals surface area (Å²) in [7, 11) is -2.24. The summed E-state index contributed by atoms with van der Waals surface area (Å²) in [4.78, 5) is 8.76. The Morgan fingerprint density at radius 3 is 2.38 bits per heavy atom. The zero-order valence-electron chi connectivity index (χ0n) is 14.5. The highest BCUT2D eigenvalue weighted by Crippen LogP contribution is 2.23. The summed E-state index contributed by atoms with van der Waals surface area (Å²) in [6.07, 6.45) is 1.58. The highest BCUT2D eigenvalue weighted by molar-refractivity contribution is 7.92. The van der Waals surface area contributed by atoms with Crippen molar-refractivity contribution >= 4 is 16.0 Å². The van der Waals surface area contributed by atoms with Crippen molar-refractivity contribution in [3.8, 4) is 5.88 Å². The Balaban J connectivity index is 2.51. The molecule has 6 nitrogen and oxygen atoms in total. The van der Waals surface area contributed by atoms with Gasteiger partial charge in [-0.05, 0) is 32.4 Å². The summed E-state index contributed by atoms with van der Waals surface area (Å²) in [5, 5.41) is 0. The lowest BCUT2D eigenvalue weighted by Gasteiger charge is -2.23. The molecule has 24 heavy (non-hydrogen) atoms. The van der Waals surface area contributed by atoms with Crippen molar-refractivity contribution in [3.63, 3.8) is 0 Å². The van der Waals surface area contributed by atoms with E-state index < -0.39 is 10.0 Å². The van der Waals surface area contributed by atoms with Gasteiger partial charge in [-0.25, -0.2) is 17.7 Å². The predicted octanol–water partition coefficient (Wildman–Crippen LogP) is 3.10. The van der Waals surface area contributed by atoms with E-state index in [-0.39, 0.29) is 10.8 Å². The molecule has 130 valence electrons. The van der Waals surface area contributed by atoms with Crippen molar-refractivity contribution in [2.45, 2.75) is 38.5 Å². The maximum absolute atomic E-state index is 13.1. The van der Waals surface area contributed by atoms with Crippen LogP contribution in [0.5, 0.6) is 5.88 Å². The number of aryl methyl sites for hydroxylation is 2. The Morgan fingerprint density at radius 2 is 1.79 bits per heavy atom. The number of aromatic nitrogens is 2. The van der Waals surface area contributed by atoms with E-state index in [1.54, 1.807) is 37.3 Å². The molecular formula is C17H23N3O3S. The van der Waals surface area contributed by atoms with Crippen LogP contribution in [0.3, 0.4) is 0 Å². The van der Waals surface area contributed by atoms with Gasteiger partial charge in [0, 0.05) is 18.3 Å². The fourth-order valence-electron chi connectivity index (χ4n) is 2.21. The molecule has 0 fully saturated rings. The maximum atomic E-state index is 13.1. The third-order valence-electron chi connectivity index (χ3n) is 3.57. The SMILES string of the molecule is CCCCN(c1nc(C)cc(OC)n1)S(=O)(=O)c1ccc(C)cc1. The third-order valence-corrected chi connectivity index (χ3v) is 5.37. The molecule has 0 aliphatic carbocycles. The second kappa shape index (κ2) is 7.61. The van der Waals surface area contributed by atoms with Gasteiger partial charge in [-0.3, -0.25) is 0 Å². The van der Waals surface area contributed by atoms with E-state index >= 15 is 0 Å². The minimum Gasteiger partial charge on any atom is -0.481 e. The standard InChI is InChI=1S/C17H23N3O3S/c1-5-6-11-20(17-18-14(3)12-16(19-17)23-4)24(21,22)15-9-7-13(2)8-10-15/h7-10,12H,5-6,11H2,1-4H3. The molecule has 0 radical (unpaired) electrons. The molecule has 1 heterocycles. The van der Waals surface area contributed by atoms with Crippen LogP contribution < -0.4 is 9.04 Å². The normalized spacial score (nSPS) is 11.3. The number of nitrogens with zero attached hydrogens (tertiary/aromatic N) is 3. The smallest absolute Gasteiger partial charge is 0.266 e. The summed E-state index contributed by atoms with van der Waals surface area (Å²) in [5.41, 5.74) is 1.65. The van der Waals surface area contributed by atoms with E-state index in [1.807, 2.05) is 13.8 Å². The number of rotatable bonds is 7. The van der Waals surface area contributed by atoms with E-state index in [0.717, 1.165) is 12.0 Å². The van der Waals surface area contributed by atoms with E-state index in [2.05, 4.69) is 9.97 Å². The van der Waals surface area contributed by atoms with E-state index in [9.17, 15) is 8.42 Å². The average Bonchev–Trinajstić information content (AvgIpc) is 2.55. The highest BCUT2D eigenvalue weighted by Gasteiger charge is 2.27. The van der Waals surface area contributed by atoms with Crippen molar-refractivity contribution in [2.75, 3.05) is 18.0 Å². The molecule has 0 N–H and O–H groups in total. The molecule has 0 spiro atoms. The second-order valence-electron chi connectivity index (χ2n) is 5.60. The van der Waals surface area contributed by atoms with Crippen LogP contribution in [-0.2, 0) is 10.0 Å². The molecule has 0 saturated heterocycles. The summed E-state index contributed by atoms with van der Waals surface area (Å²) < 4.78 is 32.5. The Kier molecular flexibility index (Phi) is 5.77. The maximum Gasteiger partial charge on any atom is 0.266 e.